The first-order valence-electron chi connectivity index (χ1n) is 32.4. The van der Waals surface area contributed by atoms with Crippen molar-refractivity contribution in [3.05, 3.63) is 281 Å². The Morgan fingerprint density at radius 1 is 0.305 bits per heavy atom. The molecular weight excluding hydrogens is 1200 g/mol. The smallest absolute Gasteiger partial charge is 0.416 e. The van der Waals surface area contributed by atoms with Crippen LogP contribution in [0, 0.1) is 13.8 Å². The van der Waals surface area contributed by atoms with Crippen LogP contribution in [0.25, 0.3) is 133 Å². The van der Waals surface area contributed by atoms with E-state index in [2.05, 4.69) is 218 Å². The van der Waals surface area contributed by atoms with Crippen molar-refractivity contribution in [2.45, 2.75) is 72.9 Å². The van der Waals surface area contributed by atoms with Gasteiger partial charge in [0.15, 0.2) is 0 Å². The van der Waals surface area contributed by atoms with Crippen LogP contribution < -0.4 is 14.2 Å². The summed E-state index contributed by atoms with van der Waals surface area (Å²) in [5.74, 6) is 1.91. The van der Waals surface area contributed by atoms with Crippen LogP contribution >= 0.6 is 11.6 Å². The number of fused-ring (bicyclic) bond motifs is 2. The molecule has 7 heteroatoms. The van der Waals surface area contributed by atoms with Gasteiger partial charge in [-0.15, -0.1) is 0 Å². The van der Waals surface area contributed by atoms with E-state index in [4.69, 9.17) is 25.8 Å². The van der Waals surface area contributed by atoms with Crippen molar-refractivity contribution < 1.29 is 27.4 Å². The molecule has 0 spiro atoms. The van der Waals surface area contributed by atoms with Crippen molar-refractivity contribution in [1.82, 2.24) is 0 Å². The Morgan fingerprint density at radius 3 is 1.06 bits per heavy atom. The summed E-state index contributed by atoms with van der Waals surface area (Å²) < 4.78 is 64.2. The molecule has 13 rings (SSSR count). The van der Waals surface area contributed by atoms with Crippen LogP contribution in [0.2, 0.25) is 5.02 Å². The van der Waals surface area contributed by atoms with Gasteiger partial charge < -0.3 is 14.2 Å². The van der Waals surface area contributed by atoms with E-state index < -0.39 is 11.7 Å². The highest BCUT2D eigenvalue weighted by Crippen LogP contribution is 2.63. The molecule has 0 radical (unpaired) electrons. The summed E-state index contributed by atoms with van der Waals surface area (Å²) in [5.41, 5.74) is 22.6. The predicted octanol–water partition coefficient (Wildman–Crippen LogP) is 25.4. The van der Waals surface area contributed by atoms with Gasteiger partial charge in [-0.25, -0.2) is 0 Å². The Labute approximate surface area is 561 Å². The van der Waals surface area contributed by atoms with Crippen molar-refractivity contribution in [2.24, 2.45) is 0 Å². The van der Waals surface area contributed by atoms with Gasteiger partial charge in [0, 0.05) is 11.1 Å². The van der Waals surface area contributed by atoms with Crippen LogP contribution in [0.15, 0.2) is 243 Å². The molecule has 13 aromatic carbocycles. The van der Waals surface area contributed by atoms with Crippen LogP contribution in [0.4, 0.5) is 13.2 Å². The Hall–Kier alpha value is -10.1. The zero-order chi connectivity index (χ0) is 66.4. The van der Waals surface area contributed by atoms with E-state index in [1.807, 2.05) is 48.5 Å². The first-order valence-corrected chi connectivity index (χ1v) is 32.8. The highest BCUT2D eigenvalue weighted by molar-refractivity contribution is 6.38. The van der Waals surface area contributed by atoms with Crippen molar-refractivity contribution >= 4 is 33.1 Å². The minimum absolute atomic E-state index is 0.198. The molecule has 13 aromatic rings. The average Bonchev–Trinajstić information content (AvgIpc) is 0.677. The minimum Gasteiger partial charge on any atom is -0.497 e. The lowest BCUT2D eigenvalue weighted by Gasteiger charge is -2.32. The van der Waals surface area contributed by atoms with E-state index in [-0.39, 0.29) is 5.41 Å². The monoisotopic (exact) mass is 1270 g/mol. The topological polar surface area (TPSA) is 27.7 Å². The Kier molecular flexibility index (Phi) is 17.4. The molecule has 0 amide bonds. The second-order valence-electron chi connectivity index (χ2n) is 25.7. The number of halogens is 4. The molecule has 0 saturated carbocycles. The summed E-state index contributed by atoms with van der Waals surface area (Å²) >= 11 is 7.06. The van der Waals surface area contributed by atoms with Gasteiger partial charge in [-0.1, -0.05) is 245 Å². The molecule has 0 aliphatic heterocycles. The zero-order valence-corrected chi connectivity index (χ0v) is 56.0. The molecule has 0 heterocycles. The summed E-state index contributed by atoms with van der Waals surface area (Å²) in [6, 6.07) is 83.4. The van der Waals surface area contributed by atoms with Crippen LogP contribution in [0.3, 0.4) is 0 Å². The number of hydrogen-bond donors (Lipinski definition) is 0. The fourth-order valence-electron chi connectivity index (χ4n) is 13.9. The molecule has 0 fully saturated rings. The van der Waals surface area contributed by atoms with Gasteiger partial charge in [0.1, 0.15) is 17.2 Å². The number of ether oxygens (including phenoxy) is 3. The number of rotatable bonds is 15. The lowest BCUT2D eigenvalue weighted by Crippen LogP contribution is -2.10. The summed E-state index contributed by atoms with van der Waals surface area (Å²) in [7, 11) is 5.05. The second-order valence-corrected chi connectivity index (χ2v) is 26.1. The molecule has 95 heavy (non-hydrogen) atoms. The number of methoxy groups -OCH3 is 3. The molecule has 0 saturated heterocycles. The highest BCUT2D eigenvalue weighted by atomic mass is 35.5. The molecule has 0 aromatic heterocycles. The largest absolute Gasteiger partial charge is 0.497 e. The quantitative estimate of drug-likeness (QED) is 0.0958. The standard InChI is InChI=1S/C88H74ClF3O3/c1-11-55-23-29-59(30-24-55)79-83-76(62-35-43-68(44-36-62)88(90,91)92)73(57-18-14-13-15-19-57)74(64-39-47-70(93-8)48-40-64)77(61-33-41-67(42-34-61)87(5,6)7)84(83)80(60-31-25-56(12-2)26-32-60)86-81(65-20-16-17-54(4)49-65)82(66-50-71(94-9)52-72(51-66)95-10)75(58-27-21-53(3)22-28-58)78(85(79)86)63-37-45-69(89)46-38-63/h13-52H,11-12H2,1-10H3. The highest BCUT2D eigenvalue weighted by Gasteiger charge is 2.36. The van der Waals surface area contributed by atoms with E-state index in [0.717, 1.165) is 168 Å². The molecule has 0 unspecified atom stereocenters. The molecular formula is C88H74ClF3O3. The van der Waals surface area contributed by atoms with Crippen molar-refractivity contribution in [3.63, 3.8) is 0 Å². The van der Waals surface area contributed by atoms with Crippen molar-refractivity contribution in [3.8, 4) is 129 Å². The molecule has 0 atom stereocenters. The minimum atomic E-state index is -4.61. The average molecular weight is 1270 g/mol. The maximum Gasteiger partial charge on any atom is 0.416 e. The Bertz CT molecular complexity index is 4970. The van der Waals surface area contributed by atoms with Crippen molar-refractivity contribution in [2.75, 3.05) is 21.3 Å². The molecule has 3 nitrogen and oxygen atoms in total. The van der Waals surface area contributed by atoms with Crippen LogP contribution in [-0.4, -0.2) is 21.3 Å². The van der Waals surface area contributed by atoms with Crippen molar-refractivity contribution in [1.29, 1.82) is 0 Å². The van der Waals surface area contributed by atoms with Gasteiger partial charge in [-0.2, -0.15) is 13.2 Å². The van der Waals surface area contributed by atoms with E-state index in [1.165, 1.54) is 12.1 Å². The summed E-state index contributed by atoms with van der Waals surface area (Å²) in [6.07, 6.45) is -3.02. The van der Waals surface area contributed by atoms with Gasteiger partial charge in [-0.05, 0) is 230 Å². The van der Waals surface area contributed by atoms with Crippen LogP contribution in [0.1, 0.15) is 68.0 Å². The maximum absolute atomic E-state index is 15.3. The van der Waals surface area contributed by atoms with Gasteiger partial charge in [0.2, 0.25) is 0 Å². The van der Waals surface area contributed by atoms with Gasteiger partial charge in [0.25, 0.3) is 0 Å². The fourth-order valence-corrected chi connectivity index (χ4v) is 14.0. The van der Waals surface area contributed by atoms with Gasteiger partial charge in [0.05, 0.1) is 26.9 Å². The van der Waals surface area contributed by atoms with E-state index >= 15 is 13.2 Å². The Balaban J connectivity index is 1.50. The SMILES string of the molecule is CCc1ccc(-c2c3c(-c4ccc(C(F)(F)F)cc4)c(-c4ccccc4)c(-c4ccc(OC)cc4)c(-c4ccc(C(C)(C)C)cc4)c3c(-c3ccc(CC)cc3)c3c(-c4cccc(C)c4)c(-c4cc(OC)cc(OC)c4)c(-c4ccc(C)cc4)c(-c4ccc(Cl)cc4)c23)cc1. The second kappa shape index (κ2) is 26.0. The predicted molar refractivity (Wildman–Crippen MR) is 392 cm³/mol. The van der Waals surface area contributed by atoms with E-state index in [1.54, 1.807) is 33.5 Å². The molecule has 0 bridgehead atoms. The summed E-state index contributed by atoms with van der Waals surface area (Å²) in [5, 5.41) is 4.24. The summed E-state index contributed by atoms with van der Waals surface area (Å²) in [4.78, 5) is 0. The third-order valence-electron chi connectivity index (χ3n) is 18.7. The third-order valence-corrected chi connectivity index (χ3v) is 19.0. The third kappa shape index (κ3) is 12.1. The van der Waals surface area contributed by atoms with Crippen LogP contribution in [-0.2, 0) is 24.4 Å². The van der Waals surface area contributed by atoms with Crippen LogP contribution in [0.5, 0.6) is 17.2 Å². The lowest BCUT2D eigenvalue weighted by atomic mass is 9.70. The number of hydrogen-bond acceptors (Lipinski definition) is 3. The fraction of sp³-hybridized carbons (Fsp3) is 0.159. The number of aryl methyl sites for hydroxylation is 4. The first-order chi connectivity index (χ1) is 45.9. The van der Waals surface area contributed by atoms with E-state index in [9.17, 15) is 0 Å². The number of alkyl halides is 3. The van der Waals surface area contributed by atoms with Gasteiger partial charge in [-0.3, -0.25) is 0 Å². The Morgan fingerprint density at radius 2 is 0.653 bits per heavy atom. The van der Waals surface area contributed by atoms with E-state index in [0.29, 0.717) is 27.8 Å². The van der Waals surface area contributed by atoms with Gasteiger partial charge >= 0.3 is 6.18 Å². The molecule has 0 N–H and O–H groups in total. The zero-order valence-electron chi connectivity index (χ0n) is 55.2. The normalized spacial score (nSPS) is 11.8. The lowest BCUT2D eigenvalue weighted by molar-refractivity contribution is -0.137. The maximum atomic E-state index is 15.3. The molecule has 0 aliphatic rings. The summed E-state index contributed by atoms with van der Waals surface area (Å²) in [6.45, 7) is 15.3. The molecule has 0 aliphatic carbocycles. The number of benzene rings is 13. The molecule has 472 valence electrons. The first kappa shape index (κ1) is 63.6.